The molecule has 2 aromatic rings. The highest BCUT2D eigenvalue weighted by atomic mass is 35.5. The molecule has 0 unspecified atom stereocenters. The van der Waals surface area contributed by atoms with Crippen LogP contribution in [0.4, 0.5) is 10.1 Å². The fourth-order valence-corrected chi connectivity index (χ4v) is 3.89. The molecule has 0 spiro atoms. The Kier molecular flexibility index (Phi) is 8.42. The van der Waals surface area contributed by atoms with Crippen molar-refractivity contribution >= 4 is 44.8 Å². The Morgan fingerprint density at radius 3 is 2.52 bits per heavy atom. The lowest BCUT2D eigenvalue weighted by Crippen LogP contribution is -2.26. The van der Waals surface area contributed by atoms with Gasteiger partial charge in [-0.25, -0.2) is 17.5 Å². The van der Waals surface area contributed by atoms with Gasteiger partial charge in [-0.05, 0) is 56.7 Å². The first kappa shape index (κ1) is 23.6. The maximum Gasteiger partial charge on any atom is 0.257 e. The summed E-state index contributed by atoms with van der Waals surface area (Å²) in [6, 6.07) is 7.49. The van der Waals surface area contributed by atoms with E-state index in [1.54, 1.807) is 0 Å². The van der Waals surface area contributed by atoms with Crippen molar-refractivity contribution in [3.05, 3.63) is 57.8 Å². The summed E-state index contributed by atoms with van der Waals surface area (Å²) in [7, 11) is -3.89. The first-order valence-corrected chi connectivity index (χ1v) is 11.0. The van der Waals surface area contributed by atoms with Gasteiger partial charge < -0.3 is 10.1 Å². The molecule has 0 bridgehead atoms. The molecule has 29 heavy (non-hydrogen) atoms. The first-order chi connectivity index (χ1) is 13.6. The molecule has 0 saturated carbocycles. The van der Waals surface area contributed by atoms with Gasteiger partial charge in [0.1, 0.15) is 5.82 Å². The van der Waals surface area contributed by atoms with Crippen molar-refractivity contribution in [2.75, 3.05) is 18.5 Å². The van der Waals surface area contributed by atoms with Crippen LogP contribution in [0.5, 0.6) is 0 Å². The maximum absolute atomic E-state index is 14.4. The van der Waals surface area contributed by atoms with Crippen molar-refractivity contribution in [1.82, 2.24) is 4.72 Å². The molecule has 10 heteroatoms. The molecule has 158 valence electrons. The van der Waals surface area contributed by atoms with Gasteiger partial charge in [0.2, 0.25) is 10.0 Å². The van der Waals surface area contributed by atoms with Crippen LogP contribution in [0.1, 0.15) is 30.6 Å². The van der Waals surface area contributed by atoms with Gasteiger partial charge in [-0.2, -0.15) is 0 Å². The SMILES string of the molecule is CC(C)OCCCNS(=O)(=O)c1ccc(NC(=O)c2ccc(Cl)cc2Cl)c(F)c1. The average Bonchev–Trinajstić information content (AvgIpc) is 2.62. The average molecular weight is 463 g/mol. The zero-order chi connectivity index (χ0) is 21.6. The van der Waals surface area contributed by atoms with E-state index < -0.39 is 21.7 Å². The highest BCUT2D eigenvalue weighted by Gasteiger charge is 2.18. The Bertz CT molecular complexity index is 984. The predicted molar refractivity (Wildman–Crippen MR) is 112 cm³/mol. The van der Waals surface area contributed by atoms with Gasteiger partial charge in [0.05, 0.1) is 27.3 Å². The summed E-state index contributed by atoms with van der Waals surface area (Å²) in [6.07, 6.45) is 0.543. The molecule has 2 N–H and O–H groups in total. The van der Waals surface area contributed by atoms with Crippen molar-refractivity contribution in [2.24, 2.45) is 0 Å². The van der Waals surface area contributed by atoms with Crippen molar-refractivity contribution in [3.8, 4) is 0 Å². The monoisotopic (exact) mass is 462 g/mol. The van der Waals surface area contributed by atoms with Gasteiger partial charge in [-0.3, -0.25) is 4.79 Å². The van der Waals surface area contributed by atoms with Crippen LogP contribution < -0.4 is 10.0 Å². The lowest BCUT2D eigenvalue weighted by Gasteiger charge is -2.11. The number of nitrogens with one attached hydrogen (secondary N) is 2. The number of carbonyl (C=O) groups is 1. The molecule has 0 aliphatic carbocycles. The molecule has 0 fully saturated rings. The van der Waals surface area contributed by atoms with E-state index >= 15 is 0 Å². The zero-order valence-electron chi connectivity index (χ0n) is 15.8. The van der Waals surface area contributed by atoms with E-state index in [2.05, 4.69) is 10.0 Å². The van der Waals surface area contributed by atoms with E-state index in [0.717, 1.165) is 6.07 Å². The van der Waals surface area contributed by atoms with Gasteiger partial charge in [0, 0.05) is 18.2 Å². The minimum atomic E-state index is -3.89. The van der Waals surface area contributed by atoms with Crippen molar-refractivity contribution in [2.45, 2.75) is 31.3 Å². The smallest absolute Gasteiger partial charge is 0.257 e. The number of amides is 1. The molecule has 0 atom stereocenters. The Balaban J connectivity index is 2.04. The number of ether oxygens (including phenoxy) is 1. The molecule has 6 nitrogen and oxygen atoms in total. The Morgan fingerprint density at radius 1 is 1.17 bits per heavy atom. The van der Waals surface area contributed by atoms with Gasteiger partial charge in [0.15, 0.2) is 0 Å². The predicted octanol–water partition coefficient (Wildman–Crippen LogP) is 4.48. The van der Waals surface area contributed by atoms with Crippen molar-refractivity contribution in [1.29, 1.82) is 0 Å². The van der Waals surface area contributed by atoms with E-state index in [4.69, 9.17) is 27.9 Å². The summed E-state index contributed by atoms with van der Waals surface area (Å²) in [4.78, 5) is 12.0. The van der Waals surface area contributed by atoms with E-state index in [-0.39, 0.29) is 33.8 Å². The normalized spacial score (nSPS) is 11.7. The molecule has 2 aromatic carbocycles. The molecule has 0 aromatic heterocycles. The third-order valence-electron chi connectivity index (χ3n) is 3.74. The van der Waals surface area contributed by atoms with Crippen LogP contribution in [0.15, 0.2) is 41.3 Å². The van der Waals surface area contributed by atoms with Crippen LogP contribution in [-0.2, 0) is 14.8 Å². The molecule has 0 saturated heterocycles. The third kappa shape index (κ3) is 6.94. The number of anilines is 1. The minimum absolute atomic E-state index is 0.0613. The number of rotatable bonds is 9. The van der Waals surface area contributed by atoms with Crippen LogP contribution >= 0.6 is 23.2 Å². The Labute approximate surface area is 179 Å². The van der Waals surface area contributed by atoms with Gasteiger partial charge >= 0.3 is 0 Å². The van der Waals surface area contributed by atoms with E-state index in [9.17, 15) is 17.6 Å². The molecular formula is C19H21Cl2FN2O4S. The standard InChI is InChI=1S/C19H21Cl2FN2O4S/c1-12(2)28-9-3-8-23-29(26,27)14-5-7-18(17(22)11-14)24-19(25)15-6-4-13(20)10-16(15)21/h4-7,10-12,23H,3,8-9H2,1-2H3,(H,24,25). The number of sulfonamides is 1. The number of hydrogen-bond donors (Lipinski definition) is 2. The van der Waals surface area contributed by atoms with Crippen molar-refractivity contribution < 1.29 is 22.3 Å². The number of carbonyl (C=O) groups excluding carboxylic acids is 1. The zero-order valence-corrected chi connectivity index (χ0v) is 18.2. The van der Waals surface area contributed by atoms with Crippen LogP contribution in [-0.4, -0.2) is 33.6 Å². The van der Waals surface area contributed by atoms with E-state index in [1.807, 2.05) is 13.8 Å². The summed E-state index contributed by atoms with van der Waals surface area (Å²) in [5, 5.41) is 2.83. The van der Waals surface area contributed by atoms with Crippen LogP contribution in [0.3, 0.4) is 0 Å². The van der Waals surface area contributed by atoms with Crippen LogP contribution in [0.25, 0.3) is 0 Å². The lowest BCUT2D eigenvalue weighted by atomic mass is 10.2. The second-order valence-electron chi connectivity index (χ2n) is 6.39. The molecular weight excluding hydrogens is 442 g/mol. The summed E-state index contributed by atoms with van der Waals surface area (Å²) in [5.74, 6) is -1.54. The van der Waals surface area contributed by atoms with E-state index in [0.29, 0.717) is 18.1 Å². The quantitative estimate of drug-likeness (QED) is 0.538. The fourth-order valence-electron chi connectivity index (χ4n) is 2.31. The molecule has 1 amide bonds. The second-order valence-corrected chi connectivity index (χ2v) is 9.00. The fraction of sp³-hybridized carbons (Fsp3) is 0.316. The third-order valence-corrected chi connectivity index (χ3v) is 5.75. The van der Waals surface area contributed by atoms with Crippen molar-refractivity contribution in [3.63, 3.8) is 0 Å². The van der Waals surface area contributed by atoms with Gasteiger partial charge in [0.25, 0.3) is 5.91 Å². The number of hydrogen-bond acceptors (Lipinski definition) is 4. The van der Waals surface area contributed by atoms with Crippen LogP contribution in [0, 0.1) is 5.82 Å². The van der Waals surface area contributed by atoms with Crippen LogP contribution in [0.2, 0.25) is 10.0 Å². The maximum atomic E-state index is 14.4. The number of halogens is 3. The molecule has 0 radical (unpaired) electrons. The van der Waals surface area contributed by atoms with Gasteiger partial charge in [-0.1, -0.05) is 23.2 Å². The number of benzene rings is 2. The largest absolute Gasteiger partial charge is 0.379 e. The lowest BCUT2D eigenvalue weighted by molar-refractivity contribution is 0.0778. The highest BCUT2D eigenvalue weighted by molar-refractivity contribution is 7.89. The molecule has 0 aliphatic rings. The Morgan fingerprint density at radius 2 is 1.90 bits per heavy atom. The highest BCUT2D eigenvalue weighted by Crippen LogP contribution is 2.24. The summed E-state index contributed by atoms with van der Waals surface area (Å²) in [6.45, 7) is 4.33. The topological polar surface area (TPSA) is 84.5 Å². The summed E-state index contributed by atoms with van der Waals surface area (Å²) >= 11 is 11.8. The molecule has 2 rings (SSSR count). The summed E-state index contributed by atoms with van der Waals surface area (Å²) < 4.78 is 46.6. The summed E-state index contributed by atoms with van der Waals surface area (Å²) in [5.41, 5.74) is -0.0669. The second kappa shape index (κ2) is 10.4. The molecule has 0 aliphatic heterocycles. The minimum Gasteiger partial charge on any atom is -0.379 e. The van der Waals surface area contributed by atoms with Gasteiger partial charge in [-0.15, -0.1) is 0 Å². The van der Waals surface area contributed by atoms with E-state index in [1.165, 1.54) is 30.3 Å². The molecule has 0 heterocycles. The Hall–Kier alpha value is -1.71. The first-order valence-electron chi connectivity index (χ1n) is 8.77.